The number of carbonyl (C=O) groups is 2. The molecule has 0 saturated carbocycles. The maximum absolute atomic E-state index is 13.2. The van der Waals surface area contributed by atoms with Crippen molar-refractivity contribution in [3.05, 3.63) is 100 Å². The van der Waals surface area contributed by atoms with E-state index in [1.807, 2.05) is 49.4 Å². The number of fused-ring (bicyclic) bond motifs is 1. The Hall–Kier alpha value is -4.06. The fourth-order valence-electron chi connectivity index (χ4n) is 5.10. The first-order chi connectivity index (χ1) is 19.2. The van der Waals surface area contributed by atoms with Gasteiger partial charge in [-0.15, -0.1) is 0 Å². The van der Waals surface area contributed by atoms with Crippen molar-refractivity contribution in [2.75, 3.05) is 7.11 Å². The third kappa shape index (κ3) is 6.48. The molecule has 6 nitrogen and oxygen atoms in total. The molecule has 1 N–H and O–H groups in total. The Morgan fingerprint density at radius 2 is 1.61 bits per heavy atom. The van der Waals surface area contributed by atoms with E-state index in [0.29, 0.717) is 17.9 Å². The third-order valence-corrected chi connectivity index (χ3v) is 7.81. The van der Waals surface area contributed by atoms with Gasteiger partial charge in [0.05, 0.1) is 13.2 Å². The summed E-state index contributed by atoms with van der Waals surface area (Å²) in [6, 6.07) is 22.0. The summed E-state index contributed by atoms with van der Waals surface area (Å²) in [7, 11) is 1.35. The fourth-order valence-corrected chi connectivity index (χ4v) is 5.10. The Balaban J connectivity index is 1.54. The molecule has 0 unspecified atom stereocenters. The van der Waals surface area contributed by atoms with Crippen LogP contribution in [-0.2, 0) is 21.5 Å². The summed E-state index contributed by atoms with van der Waals surface area (Å²) in [5.41, 5.74) is 6.34. The van der Waals surface area contributed by atoms with Crippen LogP contribution in [0.15, 0.2) is 66.7 Å². The summed E-state index contributed by atoms with van der Waals surface area (Å²) < 4.78 is 13.1. The zero-order valence-corrected chi connectivity index (χ0v) is 25.7. The van der Waals surface area contributed by atoms with Gasteiger partial charge in [-0.1, -0.05) is 57.2 Å². The van der Waals surface area contributed by atoms with Crippen molar-refractivity contribution in [2.45, 2.75) is 79.0 Å². The van der Waals surface area contributed by atoms with E-state index in [4.69, 9.17) is 9.47 Å². The number of esters is 1. The lowest BCUT2D eigenvalue weighted by molar-refractivity contribution is -0.156. The number of methoxy groups -OCH3 is 1. The summed E-state index contributed by atoms with van der Waals surface area (Å²) in [4.78, 5) is 25.3. The van der Waals surface area contributed by atoms with Gasteiger partial charge in [0.2, 0.25) is 0 Å². The molecule has 6 heteroatoms. The molecule has 1 aromatic heterocycles. The number of hydrogen-bond acceptors (Lipinski definition) is 4. The van der Waals surface area contributed by atoms with Gasteiger partial charge < -0.3 is 19.4 Å². The van der Waals surface area contributed by atoms with Gasteiger partial charge in [0.15, 0.2) is 5.60 Å². The van der Waals surface area contributed by atoms with Gasteiger partial charge in [-0.3, -0.25) is 4.79 Å². The van der Waals surface area contributed by atoms with Gasteiger partial charge in [-0.2, -0.15) is 0 Å². The number of nitrogens with zero attached hydrogens (tertiary/aromatic N) is 1. The van der Waals surface area contributed by atoms with E-state index in [-0.39, 0.29) is 17.4 Å². The number of nitrogens with one attached hydrogen (secondary N) is 1. The normalized spacial score (nSPS) is 12.7. The fraction of sp³-hybridized carbons (Fsp3) is 0.371. The van der Waals surface area contributed by atoms with Crippen molar-refractivity contribution in [2.24, 2.45) is 0 Å². The first kappa shape index (κ1) is 29.9. The predicted octanol–water partition coefficient (Wildman–Crippen LogP) is 7.43. The van der Waals surface area contributed by atoms with E-state index >= 15 is 0 Å². The minimum absolute atomic E-state index is 0.0881. The molecule has 0 fully saturated rings. The molecule has 0 aliphatic carbocycles. The molecular formula is C35H42N2O4. The highest BCUT2D eigenvalue weighted by Gasteiger charge is 2.31. The monoisotopic (exact) mass is 554 g/mol. The average Bonchev–Trinajstić information content (AvgIpc) is 3.16. The Bertz CT molecular complexity index is 1570. The number of aryl methyl sites for hydroxylation is 1. The number of amides is 1. The second kappa shape index (κ2) is 11.4. The highest BCUT2D eigenvalue weighted by Crippen LogP contribution is 2.29. The lowest BCUT2D eigenvalue weighted by Crippen LogP contribution is -2.39. The molecule has 1 heterocycles. The molecule has 216 valence electrons. The number of ether oxygens (including phenoxy) is 2. The van der Waals surface area contributed by atoms with Gasteiger partial charge in [0.1, 0.15) is 5.75 Å². The molecule has 4 aromatic rings. The van der Waals surface area contributed by atoms with Crippen LogP contribution in [0.3, 0.4) is 0 Å². The Morgan fingerprint density at radius 1 is 0.927 bits per heavy atom. The maximum atomic E-state index is 13.2. The smallest absolute Gasteiger partial charge is 0.349 e. The van der Waals surface area contributed by atoms with Gasteiger partial charge in [-0.05, 0) is 92.6 Å². The third-order valence-electron chi connectivity index (χ3n) is 7.81. The van der Waals surface area contributed by atoms with Crippen molar-refractivity contribution in [3.63, 3.8) is 0 Å². The summed E-state index contributed by atoms with van der Waals surface area (Å²) in [5.74, 6) is 0.0745. The molecule has 0 saturated heterocycles. The summed E-state index contributed by atoms with van der Waals surface area (Å²) >= 11 is 0. The van der Waals surface area contributed by atoms with E-state index in [9.17, 15) is 9.59 Å². The zero-order valence-electron chi connectivity index (χ0n) is 25.7. The van der Waals surface area contributed by atoms with E-state index in [0.717, 1.165) is 33.3 Å². The predicted molar refractivity (Wildman–Crippen MR) is 165 cm³/mol. The van der Waals surface area contributed by atoms with Crippen molar-refractivity contribution in [1.82, 2.24) is 9.88 Å². The van der Waals surface area contributed by atoms with E-state index in [1.54, 1.807) is 13.8 Å². The summed E-state index contributed by atoms with van der Waals surface area (Å²) in [5, 5.41) is 4.21. The Kier molecular flexibility index (Phi) is 8.34. The minimum Gasteiger partial charge on any atom is -0.476 e. The van der Waals surface area contributed by atoms with Crippen molar-refractivity contribution in [3.8, 4) is 5.75 Å². The maximum Gasteiger partial charge on any atom is 0.349 e. The van der Waals surface area contributed by atoms with Gasteiger partial charge in [-0.25, -0.2) is 4.79 Å². The standard InChI is InChI=1S/C35H42N2O4/c1-22-24(3)37(21-25-11-10-12-29(19-25)41-35(7,8)33(39)40-9)31-18-15-27(20-30(22)31)32(38)36-23(2)26-13-16-28(17-14-26)34(4,5)6/h10-20,23H,21H2,1-9H3,(H,36,38)/t23-/m0/s1. The van der Waals surface area contributed by atoms with Crippen LogP contribution in [0.4, 0.5) is 0 Å². The SMILES string of the molecule is COC(=O)C(C)(C)Oc1cccc(Cn2c(C)c(C)c3cc(C(=O)N[C@@H](C)c4ccc(C(C)(C)C)cc4)ccc32)c1. The Labute approximate surface area is 243 Å². The average molecular weight is 555 g/mol. The zero-order chi connectivity index (χ0) is 30.1. The number of aromatic nitrogens is 1. The molecule has 4 rings (SSSR count). The molecule has 0 bridgehead atoms. The van der Waals surface area contributed by atoms with Gasteiger partial charge >= 0.3 is 5.97 Å². The van der Waals surface area contributed by atoms with Crippen molar-refractivity contribution in [1.29, 1.82) is 0 Å². The summed E-state index contributed by atoms with van der Waals surface area (Å²) in [6.45, 7) is 16.8. The lowest BCUT2D eigenvalue weighted by atomic mass is 9.86. The molecule has 0 radical (unpaired) electrons. The quantitative estimate of drug-likeness (QED) is 0.230. The molecule has 3 aromatic carbocycles. The number of benzene rings is 3. The number of hydrogen-bond donors (Lipinski definition) is 1. The second-order valence-corrected chi connectivity index (χ2v) is 12.3. The molecule has 0 spiro atoms. The molecule has 1 atom stereocenters. The van der Waals surface area contributed by atoms with Crippen LogP contribution in [0.1, 0.15) is 85.9 Å². The first-order valence-electron chi connectivity index (χ1n) is 14.1. The van der Waals surface area contributed by atoms with Crippen molar-refractivity contribution >= 4 is 22.8 Å². The minimum atomic E-state index is -1.09. The second-order valence-electron chi connectivity index (χ2n) is 12.3. The van der Waals surface area contributed by atoms with E-state index in [2.05, 4.69) is 68.8 Å². The molecule has 1 amide bonds. The highest BCUT2D eigenvalue weighted by molar-refractivity contribution is 5.99. The van der Waals surface area contributed by atoms with E-state index < -0.39 is 11.6 Å². The lowest BCUT2D eigenvalue weighted by Gasteiger charge is -2.23. The van der Waals surface area contributed by atoms with Crippen LogP contribution in [0.25, 0.3) is 10.9 Å². The molecule has 0 aliphatic rings. The number of carbonyl (C=O) groups excluding carboxylic acids is 2. The first-order valence-corrected chi connectivity index (χ1v) is 14.1. The van der Waals surface area contributed by atoms with Crippen LogP contribution in [0, 0.1) is 13.8 Å². The molecule has 41 heavy (non-hydrogen) atoms. The van der Waals surface area contributed by atoms with Crippen LogP contribution in [0.2, 0.25) is 0 Å². The van der Waals surface area contributed by atoms with Crippen LogP contribution in [0.5, 0.6) is 5.75 Å². The van der Waals surface area contributed by atoms with Crippen LogP contribution >= 0.6 is 0 Å². The molecular weight excluding hydrogens is 512 g/mol. The summed E-state index contributed by atoms with van der Waals surface area (Å²) in [6.07, 6.45) is 0. The largest absolute Gasteiger partial charge is 0.476 e. The van der Waals surface area contributed by atoms with Crippen LogP contribution in [-0.4, -0.2) is 29.2 Å². The number of rotatable bonds is 8. The van der Waals surface area contributed by atoms with Crippen LogP contribution < -0.4 is 10.1 Å². The topological polar surface area (TPSA) is 69.6 Å². The van der Waals surface area contributed by atoms with Crippen molar-refractivity contribution < 1.29 is 19.1 Å². The Morgan fingerprint density at radius 3 is 2.24 bits per heavy atom. The van der Waals surface area contributed by atoms with E-state index in [1.165, 1.54) is 12.7 Å². The van der Waals surface area contributed by atoms with Gasteiger partial charge in [0.25, 0.3) is 5.91 Å². The highest BCUT2D eigenvalue weighted by atomic mass is 16.6. The molecule has 0 aliphatic heterocycles. The van der Waals surface area contributed by atoms with Gasteiger partial charge in [0, 0.05) is 28.7 Å².